The van der Waals surface area contributed by atoms with E-state index in [4.69, 9.17) is 4.74 Å². The van der Waals surface area contributed by atoms with E-state index in [0.717, 1.165) is 24.5 Å². The van der Waals surface area contributed by atoms with Crippen LogP contribution >= 0.6 is 15.9 Å². The predicted octanol–water partition coefficient (Wildman–Crippen LogP) is 4.78. The molecule has 0 N–H and O–H groups in total. The van der Waals surface area contributed by atoms with Crippen molar-refractivity contribution in [1.82, 2.24) is 0 Å². The molecule has 0 saturated heterocycles. The van der Waals surface area contributed by atoms with Crippen molar-refractivity contribution in [2.24, 2.45) is 11.8 Å². The highest BCUT2D eigenvalue weighted by Crippen LogP contribution is 2.26. The van der Waals surface area contributed by atoms with Crippen LogP contribution in [-0.4, -0.2) is 18.5 Å². The molecule has 0 amide bonds. The molecule has 1 aliphatic rings. The number of ether oxygens (including phenoxy) is 1. The highest BCUT2D eigenvalue weighted by atomic mass is 79.9. The zero-order chi connectivity index (χ0) is 13.5. The molecule has 0 fully saturated rings. The first kappa shape index (κ1) is 14.8. The van der Waals surface area contributed by atoms with Gasteiger partial charge in [0.15, 0.2) is 0 Å². The molecule has 0 aromatic heterocycles. The van der Waals surface area contributed by atoms with Crippen molar-refractivity contribution in [1.29, 1.82) is 0 Å². The highest BCUT2D eigenvalue weighted by Gasteiger charge is 2.19. The van der Waals surface area contributed by atoms with Crippen LogP contribution in [0.3, 0.4) is 0 Å². The molecule has 2 rings (SSSR count). The van der Waals surface area contributed by atoms with E-state index in [-0.39, 0.29) is 0 Å². The molecule has 0 heterocycles. The summed E-state index contributed by atoms with van der Waals surface area (Å²) in [6, 6.07) is 10.6. The third kappa shape index (κ3) is 4.47. The number of benzene rings is 1. The number of allylic oxidation sites excluding steroid dienone is 2. The van der Waals surface area contributed by atoms with E-state index in [0.29, 0.717) is 11.8 Å². The molecule has 19 heavy (non-hydrogen) atoms. The van der Waals surface area contributed by atoms with Gasteiger partial charge in [-0.15, -0.1) is 0 Å². The molecule has 1 aliphatic carbocycles. The lowest BCUT2D eigenvalue weighted by Gasteiger charge is -2.26. The fraction of sp³-hybridized carbons (Fsp3) is 0.529. The molecule has 0 spiro atoms. The highest BCUT2D eigenvalue weighted by molar-refractivity contribution is 9.09. The van der Waals surface area contributed by atoms with Gasteiger partial charge in [0.05, 0.1) is 6.61 Å². The fourth-order valence-corrected chi connectivity index (χ4v) is 3.12. The molecule has 0 bridgehead atoms. The van der Waals surface area contributed by atoms with E-state index >= 15 is 0 Å². The van der Waals surface area contributed by atoms with Gasteiger partial charge in [0, 0.05) is 17.9 Å². The van der Waals surface area contributed by atoms with E-state index in [1.807, 2.05) is 0 Å². The van der Waals surface area contributed by atoms with Crippen molar-refractivity contribution in [3.8, 4) is 0 Å². The van der Waals surface area contributed by atoms with Gasteiger partial charge in [0.2, 0.25) is 0 Å². The first-order valence-electron chi connectivity index (χ1n) is 7.15. The van der Waals surface area contributed by atoms with Crippen molar-refractivity contribution in [2.45, 2.75) is 25.7 Å². The third-order valence-electron chi connectivity index (χ3n) is 4.03. The second-order valence-electron chi connectivity index (χ2n) is 5.48. The van der Waals surface area contributed by atoms with Gasteiger partial charge in [-0.1, -0.05) is 65.3 Å². The van der Waals surface area contributed by atoms with E-state index < -0.39 is 0 Å². The lowest BCUT2D eigenvalue weighted by Crippen LogP contribution is -2.21. The van der Waals surface area contributed by atoms with Gasteiger partial charge in [-0.25, -0.2) is 0 Å². The van der Waals surface area contributed by atoms with Gasteiger partial charge in [-0.2, -0.15) is 0 Å². The maximum Gasteiger partial charge on any atom is 0.0542 e. The number of halogens is 1. The Morgan fingerprint density at radius 1 is 1.21 bits per heavy atom. The summed E-state index contributed by atoms with van der Waals surface area (Å²) in [6.45, 7) is 4.03. The van der Waals surface area contributed by atoms with Crippen LogP contribution in [0.15, 0.2) is 42.5 Å². The average molecular weight is 323 g/mol. The molecule has 0 aliphatic heterocycles. The van der Waals surface area contributed by atoms with E-state index in [1.54, 1.807) is 0 Å². The van der Waals surface area contributed by atoms with E-state index in [1.165, 1.54) is 18.4 Å². The molecule has 1 aromatic carbocycles. The predicted molar refractivity (Wildman–Crippen MR) is 84.8 cm³/mol. The van der Waals surface area contributed by atoms with Crippen LogP contribution in [0.4, 0.5) is 0 Å². The molecule has 0 saturated carbocycles. The Balaban J connectivity index is 1.79. The van der Waals surface area contributed by atoms with E-state index in [2.05, 4.69) is 65.3 Å². The first-order chi connectivity index (χ1) is 9.31. The van der Waals surface area contributed by atoms with Gasteiger partial charge in [-0.05, 0) is 30.2 Å². The zero-order valence-corrected chi connectivity index (χ0v) is 13.2. The van der Waals surface area contributed by atoms with Crippen LogP contribution in [0.1, 0.15) is 31.2 Å². The molecule has 0 radical (unpaired) electrons. The Bertz CT molecular complexity index is 388. The van der Waals surface area contributed by atoms with Gasteiger partial charge in [0.1, 0.15) is 0 Å². The Morgan fingerprint density at radius 2 is 1.95 bits per heavy atom. The smallest absolute Gasteiger partial charge is 0.0542 e. The maximum absolute atomic E-state index is 5.99. The number of rotatable bonds is 6. The monoisotopic (exact) mass is 322 g/mol. The Morgan fingerprint density at radius 3 is 2.63 bits per heavy atom. The first-order valence-corrected chi connectivity index (χ1v) is 8.27. The largest absolute Gasteiger partial charge is 0.380 e. The van der Waals surface area contributed by atoms with Gasteiger partial charge in [-0.3, -0.25) is 0 Å². The molecule has 1 aromatic rings. The van der Waals surface area contributed by atoms with Crippen LogP contribution in [0.25, 0.3) is 0 Å². The number of alkyl halides is 1. The molecule has 3 unspecified atom stereocenters. The molecule has 104 valence electrons. The van der Waals surface area contributed by atoms with Crippen LogP contribution in [0.5, 0.6) is 0 Å². The summed E-state index contributed by atoms with van der Waals surface area (Å²) >= 11 is 3.60. The summed E-state index contributed by atoms with van der Waals surface area (Å²) < 4.78 is 5.99. The summed E-state index contributed by atoms with van der Waals surface area (Å²) in [5, 5.41) is 0.955. The Hall–Kier alpha value is -0.600. The summed E-state index contributed by atoms with van der Waals surface area (Å²) in [5.74, 6) is 1.90. The Kier molecular flexibility index (Phi) is 6.12. The van der Waals surface area contributed by atoms with Crippen molar-refractivity contribution in [3.05, 3.63) is 48.0 Å². The summed E-state index contributed by atoms with van der Waals surface area (Å²) in [6.07, 6.45) is 6.97. The van der Waals surface area contributed by atoms with Gasteiger partial charge >= 0.3 is 0 Å². The second-order valence-corrected chi connectivity index (χ2v) is 6.13. The lowest BCUT2D eigenvalue weighted by atomic mass is 9.85. The molecule has 2 heteroatoms. The normalized spacial score (nSPS) is 24.3. The van der Waals surface area contributed by atoms with Crippen molar-refractivity contribution in [2.75, 3.05) is 18.5 Å². The SMILES string of the molecule is CC1CC=CCC1COCC(CBr)c1ccccc1. The molecule has 3 atom stereocenters. The number of hydrogen-bond acceptors (Lipinski definition) is 1. The standard InChI is InChI=1S/C17H23BrO/c1-14-7-5-6-10-16(14)12-19-13-17(11-18)15-8-3-2-4-9-15/h2-6,8-9,14,16-17H,7,10-13H2,1H3. The minimum Gasteiger partial charge on any atom is -0.380 e. The number of hydrogen-bond donors (Lipinski definition) is 0. The van der Waals surface area contributed by atoms with Crippen molar-refractivity contribution < 1.29 is 4.74 Å². The van der Waals surface area contributed by atoms with Crippen molar-refractivity contribution >= 4 is 15.9 Å². The van der Waals surface area contributed by atoms with Crippen LogP contribution in [-0.2, 0) is 4.74 Å². The van der Waals surface area contributed by atoms with E-state index in [9.17, 15) is 0 Å². The van der Waals surface area contributed by atoms with Gasteiger partial charge < -0.3 is 4.74 Å². The minimum atomic E-state index is 0.454. The maximum atomic E-state index is 5.99. The van der Waals surface area contributed by atoms with Crippen LogP contribution < -0.4 is 0 Å². The summed E-state index contributed by atoms with van der Waals surface area (Å²) in [5.41, 5.74) is 1.36. The van der Waals surface area contributed by atoms with Crippen molar-refractivity contribution in [3.63, 3.8) is 0 Å². The molecular weight excluding hydrogens is 300 g/mol. The van der Waals surface area contributed by atoms with Crippen LogP contribution in [0.2, 0.25) is 0 Å². The summed E-state index contributed by atoms with van der Waals surface area (Å²) in [7, 11) is 0. The topological polar surface area (TPSA) is 9.23 Å². The van der Waals surface area contributed by atoms with Gasteiger partial charge in [0.25, 0.3) is 0 Å². The molecule has 1 nitrogen and oxygen atoms in total. The van der Waals surface area contributed by atoms with Crippen LogP contribution in [0, 0.1) is 11.8 Å². The minimum absolute atomic E-state index is 0.454. The second kappa shape index (κ2) is 7.86. The lowest BCUT2D eigenvalue weighted by molar-refractivity contribution is 0.0726. The average Bonchev–Trinajstić information content (AvgIpc) is 2.46. The Labute approximate surface area is 125 Å². The quantitative estimate of drug-likeness (QED) is 0.540. The third-order valence-corrected chi connectivity index (χ3v) is 4.81. The fourth-order valence-electron chi connectivity index (χ4n) is 2.56. The molecular formula is C17H23BrO. The summed E-state index contributed by atoms with van der Waals surface area (Å²) in [4.78, 5) is 0. The zero-order valence-electron chi connectivity index (χ0n) is 11.6.